The van der Waals surface area contributed by atoms with Gasteiger partial charge in [0.25, 0.3) is 0 Å². The summed E-state index contributed by atoms with van der Waals surface area (Å²) in [6.45, 7) is 0. The first-order valence-corrected chi connectivity index (χ1v) is 12.5. The Kier molecular flexibility index (Phi) is 6.09. The third kappa shape index (κ3) is 4.10. The van der Waals surface area contributed by atoms with E-state index in [0.29, 0.717) is 0 Å². The van der Waals surface area contributed by atoms with Crippen LogP contribution in [-0.4, -0.2) is 7.11 Å². The van der Waals surface area contributed by atoms with Crippen molar-refractivity contribution < 1.29 is 38.2 Å². The maximum Gasteiger partial charge on any atom is 0.190 e. The van der Waals surface area contributed by atoms with E-state index in [4.69, 9.17) is 23.4 Å². The number of aromatic nitrogens is 1. The third-order valence-corrected chi connectivity index (χ3v) is 7.11. The average Bonchev–Trinajstić information content (AvgIpc) is 2.88. The molecule has 0 saturated heterocycles. The molecule has 3 heterocycles. The van der Waals surface area contributed by atoms with Gasteiger partial charge in [0.05, 0.1) is 13.0 Å². The lowest BCUT2D eigenvalue weighted by molar-refractivity contribution is -2.00. The summed E-state index contributed by atoms with van der Waals surface area (Å²) in [6.07, 6.45) is 3.28. The molecule has 6 nitrogen and oxygen atoms in total. The molecule has 0 amide bonds. The van der Waals surface area contributed by atoms with Crippen molar-refractivity contribution in [2.75, 3.05) is 7.11 Å². The van der Waals surface area contributed by atoms with Crippen LogP contribution in [0.25, 0.3) is 0 Å². The highest BCUT2D eigenvalue weighted by Gasteiger charge is 2.60. The van der Waals surface area contributed by atoms with Crippen LogP contribution in [0.4, 0.5) is 0 Å². The molecule has 7 heteroatoms. The van der Waals surface area contributed by atoms with E-state index in [9.17, 15) is 0 Å². The van der Waals surface area contributed by atoms with Crippen molar-refractivity contribution in [3.63, 3.8) is 0 Å². The van der Waals surface area contributed by atoms with Crippen molar-refractivity contribution in [2.24, 2.45) is 0 Å². The number of nitrogens with zero attached hydrogens (tertiary/aromatic N) is 1. The molecule has 3 aliphatic rings. The summed E-state index contributed by atoms with van der Waals surface area (Å²) in [6, 6.07) is 35.5. The van der Waals surface area contributed by atoms with Gasteiger partial charge in [-0.2, -0.15) is 4.57 Å². The molecule has 35 heavy (non-hydrogen) atoms. The second-order valence-corrected chi connectivity index (χ2v) is 9.49. The van der Waals surface area contributed by atoms with Crippen LogP contribution in [0, 0.1) is 10.2 Å². The number of pyridine rings is 1. The molecule has 7 rings (SSSR count). The van der Waals surface area contributed by atoms with Crippen molar-refractivity contribution >= 4 is 0 Å². The van der Waals surface area contributed by atoms with Crippen molar-refractivity contribution in [3.8, 4) is 5.75 Å². The molecule has 3 aromatic carbocycles. The molecule has 0 saturated carbocycles. The predicted molar refractivity (Wildman–Crippen MR) is 118 cm³/mol. The minimum atomic E-state index is -4.94. The van der Waals surface area contributed by atoms with Crippen LogP contribution in [-0.2, 0) is 5.41 Å². The Bertz CT molecular complexity index is 1280. The normalized spacial score (nSPS) is 19.1. The summed E-state index contributed by atoms with van der Waals surface area (Å²) in [5.41, 5.74) is 6.70. The molecule has 2 atom stereocenters. The van der Waals surface area contributed by atoms with Gasteiger partial charge in [-0.3, -0.25) is 0 Å². The molecule has 2 aliphatic heterocycles. The van der Waals surface area contributed by atoms with E-state index in [2.05, 4.69) is 108 Å². The Hall–Kier alpha value is -3.26. The van der Waals surface area contributed by atoms with Gasteiger partial charge < -0.3 is 4.74 Å². The number of hydrogen-bond donors (Lipinski definition) is 0. The molecule has 0 N–H and O–H groups in total. The molecule has 0 spiro atoms. The zero-order chi connectivity index (χ0) is 24.6. The highest BCUT2D eigenvalue weighted by molar-refractivity contribution is 5.58. The van der Waals surface area contributed by atoms with Gasteiger partial charge in [0.2, 0.25) is 0 Å². The van der Waals surface area contributed by atoms with Gasteiger partial charge >= 0.3 is 0 Å². The summed E-state index contributed by atoms with van der Waals surface area (Å²) < 4.78 is 42.4. The van der Waals surface area contributed by atoms with Gasteiger partial charge in [-0.15, -0.1) is 10.2 Å². The molecule has 1 aromatic heterocycles. The number of rotatable bonds is 3. The van der Waals surface area contributed by atoms with Gasteiger partial charge in [0.15, 0.2) is 17.9 Å². The Morgan fingerprint density at radius 1 is 0.771 bits per heavy atom. The van der Waals surface area contributed by atoms with E-state index < -0.39 is 10.2 Å². The standard InChI is InChI=1S/C28H24NO.ClHO4/c1-30-25-17-10-15-22-24-19-28(20-11-4-2-5-12-20,21-13-6-3-7-14-21)27(26(22)25)23-16-8-9-18-29(23)24;2-1(3,4)5/h2-18,24,27H,19H2,1H3;(H,2,3,4,5)/q+1;/p-1. The summed E-state index contributed by atoms with van der Waals surface area (Å²) in [4.78, 5) is 0. The predicted octanol–water partition coefficient (Wildman–Crippen LogP) is 0.651. The monoisotopic (exact) mass is 489 g/mol. The zero-order valence-corrected chi connectivity index (χ0v) is 19.8. The van der Waals surface area contributed by atoms with E-state index in [0.717, 1.165) is 12.2 Å². The number of fused-ring (bicyclic) bond motifs is 1. The maximum atomic E-state index is 8.49. The van der Waals surface area contributed by atoms with E-state index in [-0.39, 0.29) is 17.4 Å². The fourth-order valence-corrected chi connectivity index (χ4v) is 5.97. The molecule has 178 valence electrons. The Labute approximate surface area is 206 Å². The maximum absolute atomic E-state index is 8.49. The molecule has 2 bridgehead atoms. The van der Waals surface area contributed by atoms with Gasteiger partial charge in [-0.1, -0.05) is 78.9 Å². The van der Waals surface area contributed by atoms with Crippen molar-refractivity contribution in [1.82, 2.24) is 0 Å². The van der Waals surface area contributed by atoms with E-state index in [1.807, 2.05) is 0 Å². The van der Waals surface area contributed by atoms with Crippen LogP contribution in [0.5, 0.6) is 5.75 Å². The van der Waals surface area contributed by atoms with E-state index in [1.165, 1.54) is 27.9 Å². The van der Waals surface area contributed by atoms with Crippen LogP contribution < -0.4 is 27.9 Å². The fourth-order valence-electron chi connectivity index (χ4n) is 5.97. The molecular weight excluding hydrogens is 466 g/mol. The average molecular weight is 490 g/mol. The molecule has 2 unspecified atom stereocenters. The molecule has 0 fully saturated rings. The number of ether oxygens (including phenoxy) is 1. The molecule has 0 radical (unpaired) electrons. The number of hydrogen-bond acceptors (Lipinski definition) is 5. The second kappa shape index (κ2) is 9.07. The van der Waals surface area contributed by atoms with Crippen molar-refractivity contribution in [2.45, 2.75) is 23.8 Å². The first-order valence-electron chi connectivity index (χ1n) is 11.2. The van der Waals surface area contributed by atoms with Gasteiger partial charge in [-0.25, -0.2) is 18.6 Å². The van der Waals surface area contributed by atoms with E-state index in [1.54, 1.807) is 7.11 Å². The lowest BCUT2D eigenvalue weighted by Crippen LogP contribution is -2.68. The topological polar surface area (TPSA) is 105 Å². The number of halogens is 1. The number of methoxy groups -OCH3 is 1. The van der Waals surface area contributed by atoms with E-state index >= 15 is 0 Å². The Balaban J connectivity index is 0.000000464. The Morgan fingerprint density at radius 3 is 1.91 bits per heavy atom. The molecular formula is C28H24ClNO5. The zero-order valence-electron chi connectivity index (χ0n) is 19.0. The summed E-state index contributed by atoms with van der Waals surface area (Å²) in [7, 11) is -3.15. The highest BCUT2D eigenvalue weighted by Crippen LogP contribution is 2.61. The highest BCUT2D eigenvalue weighted by atomic mass is 35.7. The van der Waals surface area contributed by atoms with Crippen LogP contribution in [0.3, 0.4) is 0 Å². The van der Waals surface area contributed by atoms with Gasteiger partial charge in [-0.05, 0) is 17.2 Å². The van der Waals surface area contributed by atoms with Crippen LogP contribution in [0.1, 0.15) is 46.3 Å². The summed E-state index contributed by atoms with van der Waals surface area (Å²) in [5.74, 6) is 1.17. The first kappa shape index (κ1) is 23.5. The summed E-state index contributed by atoms with van der Waals surface area (Å²) in [5, 5.41) is 0. The van der Waals surface area contributed by atoms with Gasteiger partial charge in [0.1, 0.15) is 5.75 Å². The fraction of sp³-hybridized carbons (Fsp3) is 0.179. The summed E-state index contributed by atoms with van der Waals surface area (Å²) >= 11 is 0. The molecule has 1 aliphatic carbocycles. The minimum absolute atomic E-state index is 0.143. The smallest absolute Gasteiger partial charge is 0.190 e. The SMILES string of the molecule is COc1cccc2c1C1c3cccc[n+]3C2CC1(c1ccccc1)c1ccccc1.[O-][Cl+3]([O-])([O-])[O-]. The van der Waals surface area contributed by atoms with Crippen LogP contribution in [0.15, 0.2) is 103 Å². The lowest BCUT2D eigenvalue weighted by Gasteiger charge is -2.50. The number of benzene rings is 3. The first-order chi connectivity index (χ1) is 16.8. The molecule has 4 aromatic rings. The lowest BCUT2D eigenvalue weighted by atomic mass is 9.53. The van der Waals surface area contributed by atoms with Gasteiger partial charge in [0, 0.05) is 35.1 Å². The Morgan fingerprint density at radius 2 is 1.34 bits per heavy atom. The minimum Gasteiger partial charge on any atom is -0.496 e. The van der Waals surface area contributed by atoms with Crippen molar-refractivity contribution in [1.29, 1.82) is 0 Å². The third-order valence-electron chi connectivity index (χ3n) is 7.11. The van der Waals surface area contributed by atoms with Crippen molar-refractivity contribution in [3.05, 3.63) is 131 Å². The quantitative estimate of drug-likeness (QED) is 0.393. The van der Waals surface area contributed by atoms with Crippen LogP contribution in [0.2, 0.25) is 0 Å². The largest absolute Gasteiger partial charge is 0.496 e. The van der Waals surface area contributed by atoms with Crippen LogP contribution >= 0.6 is 0 Å². The second-order valence-electron chi connectivity index (χ2n) is 8.73.